The molecule has 0 aliphatic heterocycles. The molecule has 0 unspecified atom stereocenters. The number of aromatic hydroxyl groups is 1. The number of benzene rings is 2. The smallest absolute Gasteiger partial charge is 0.142 e. The van der Waals surface area contributed by atoms with E-state index in [2.05, 4.69) is 45.2 Å². The van der Waals surface area contributed by atoms with Gasteiger partial charge in [-0.05, 0) is 88.0 Å². The van der Waals surface area contributed by atoms with Crippen molar-refractivity contribution in [3.05, 3.63) is 49.1 Å². The van der Waals surface area contributed by atoms with Gasteiger partial charge in [-0.2, -0.15) is 0 Å². The highest BCUT2D eigenvalue weighted by Gasteiger charge is 2.07. The zero-order chi connectivity index (χ0) is 13.8. The maximum absolute atomic E-state index is 9.71. The quantitative estimate of drug-likeness (QED) is 0.595. The highest BCUT2D eigenvalue weighted by molar-refractivity contribution is 14.1. The van der Waals surface area contributed by atoms with Crippen molar-refractivity contribution in [2.24, 2.45) is 5.73 Å². The van der Waals surface area contributed by atoms with Crippen LogP contribution in [0.1, 0.15) is 5.56 Å². The van der Waals surface area contributed by atoms with Crippen LogP contribution in [0.2, 0.25) is 0 Å². The highest BCUT2D eigenvalue weighted by Crippen LogP contribution is 2.32. The maximum atomic E-state index is 9.71. The fraction of sp³-hybridized carbons (Fsp3) is 0.143. The Bertz CT molecular complexity index is 553. The van der Waals surface area contributed by atoms with Crippen molar-refractivity contribution in [1.82, 2.24) is 0 Å². The van der Waals surface area contributed by atoms with E-state index in [9.17, 15) is 5.11 Å². The Kier molecular flexibility index (Phi) is 7.35. The zero-order valence-electron chi connectivity index (χ0n) is 10.5. The summed E-state index contributed by atoms with van der Waals surface area (Å²) in [6.45, 7) is 0.647. The number of nitrogens with two attached hydrogens (primary N) is 1. The van der Waals surface area contributed by atoms with Gasteiger partial charge in [-0.3, -0.25) is 0 Å². The average molecular weight is 518 g/mol. The SMILES string of the molecule is Cl.NCCc1ccc(Oc2cc(I)c(O)c(I)c2)cc1. The van der Waals surface area contributed by atoms with E-state index < -0.39 is 0 Å². The predicted molar refractivity (Wildman–Crippen MR) is 100 cm³/mol. The normalized spacial score (nSPS) is 9.95. The average Bonchev–Trinajstić information content (AvgIpc) is 2.38. The topological polar surface area (TPSA) is 55.5 Å². The first-order chi connectivity index (χ1) is 9.10. The second-order valence-corrected chi connectivity index (χ2v) is 6.34. The van der Waals surface area contributed by atoms with E-state index in [0.29, 0.717) is 12.3 Å². The summed E-state index contributed by atoms with van der Waals surface area (Å²) in [4.78, 5) is 0. The summed E-state index contributed by atoms with van der Waals surface area (Å²) < 4.78 is 7.33. The van der Waals surface area contributed by atoms with Crippen molar-refractivity contribution in [3.8, 4) is 17.2 Å². The van der Waals surface area contributed by atoms with Gasteiger partial charge in [-0.15, -0.1) is 12.4 Å². The number of hydrogen-bond acceptors (Lipinski definition) is 3. The van der Waals surface area contributed by atoms with Crippen LogP contribution in [0.4, 0.5) is 0 Å². The van der Waals surface area contributed by atoms with E-state index in [4.69, 9.17) is 10.5 Å². The monoisotopic (exact) mass is 517 g/mol. The summed E-state index contributed by atoms with van der Waals surface area (Å²) in [5, 5.41) is 9.71. The van der Waals surface area contributed by atoms with Crippen molar-refractivity contribution in [2.75, 3.05) is 6.54 Å². The molecule has 0 aliphatic carbocycles. The Balaban J connectivity index is 0.00000200. The van der Waals surface area contributed by atoms with E-state index >= 15 is 0 Å². The third-order valence-corrected chi connectivity index (χ3v) is 4.23. The van der Waals surface area contributed by atoms with Crippen molar-refractivity contribution >= 4 is 57.6 Å². The van der Waals surface area contributed by atoms with Gasteiger partial charge in [-0.25, -0.2) is 0 Å². The molecule has 108 valence electrons. The van der Waals surface area contributed by atoms with Crippen LogP contribution in [-0.4, -0.2) is 11.7 Å². The Morgan fingerprint density at radius 3 is 2.05 bits per heavy atom. The van der Waals surface area contributed by atoms with Gasteiger partial charge in [0.25, 0.3) is 0 Å². The van der Waals surface area contributed by atoms with Gasteiger partial charge >= 0.3 is 0 Å². The summed E-state index contributed by atoms with van der Waals surface area (Å²) in [7, 11) is 0. The molecule has 0 bridgehead atoms. The van der Waals surface area contributed by atoms with Crippen LogP contribution in [0.25, 0.3) is 0 Å². The molecule has 3 N–H and O–H groups in total. The molecule has 0 aliphatic rings. The molecular weight excluding hydrogens is 503 g/mol. The molecular formula is C14H14ClI2NO2. The van der Waals surface area contributed by atoms with Crippen LogP contribution < -0.4 is 10.5 Å². The Morgan fingerprint density at radius 1 is 1.00 bits per heavy atom. The lowest BCUT2D eigenvalue weighted by Crippen LogP contribution is -2.02. The fourth-order valence-electron chi connectivity index (χ4n) is 1.63. The Hall–Kier alpha value is -0.250. The molecule has 2 aromatic rings. The third kappa shape index (κ3) is 4.64. The van der Waals surface area contributed by atoms with Crippen molar-refractivity contribution < 1.29 is 9.84 Å². The van der Waals surface area contributed by atoms with Gasteiger partial charge in [0.15, 0.2) is 0 Å². The lowest BCUT2D eigenvalue weighted by atomic mass is 10.1. The molecule has 0 fully saturated rings. The molecule has 0 radical (unpaired) electrons. The van der Waals surface area contributed by atoms with Crippen molar-refractivity contribution in [1.29, 1.82) is 0 Å². The number of halogens is 3. The minimum Gasteiger partial charge on any atom is -0.506 e. The summed E-state index contributed by atoms with van der Waals surface area (Å²) >= 11 is 4.17. The molecule has 6 heteroatoms. The molecule has 2 aromatic carbocycles. The fourth-order valence-corrected chi connectivity index (χ4v) is 3.34. The van der Waals surface area contributed by atoms with E-state index in [-0.39, 0.29) is 12.4 Å². The standard InChI is InChI=1S/C14H13I2NO2.ClH/c15-12-7-11(8-13(16)14(12)18)19-10-3-1-9(2-4-10)5-6-17;/h1-4,7-8,18H,5-6,17H2;1H. The second-order valence-electron chi connectivity index (χ2n) is 4.02. The van der Waals surface area contributed by atoms with Crippen molar-refractivity contribution in [3.63, 3.8) is 0 Å². The van der Waals surface area contributed by atoms with Gasteiger partial charge in [0.1, 0.15) is 17.2 Å². The molecule has 0 saturated carbocycles. The number of ether oxygens (including phenoxy) is 1. The lowest BCUT2D eigenvalue weighted by Gasteiger charge is -2.09. The summed E-state index contributed by atoms with van der Waals surface area (Å²) in [5.41, 5.74) is 6.71. The first-order valence-corrected chi connectivity index (χ1v) is 7.91. The third-order valence-electron chi connectivity index (χ3n) is 2.58. The minimum absolute atomic E-state index is 0. The molecule has 3 nitrogen and oxygen atoms in total. The van der Waals surface area contributed by atoms with Gasteiger partial charge in [0.2, 0.25) is 0 Å². The van der Waals surface area contributed by atoms with E-state index in [1.165, 1.54) is 5.56 Å². The molecule has 0 saturated heterocycles. The molecule has 0 amide bonds. The highest BCUT2D eigenvalue weighted by atomic mass is 127. The van der Waals surface area contributed by atoms with Crippen LogP contribution in [0.5, 0.6) is 17.2 Å². The number of phenolic OH excluding ortho intramolecular Hbond substituents is 1. The van der Waals surface area contributed by atoms with E-state index in [1.807, 2.05) is 36.4 Å². The van der Waals surface area contributed by atoms with Crippen LogP contribution >= 0.6 is 57.6 Å². The van der Waals surface area contributed by atoms with Crippen LogP contribution in [0.15, 0.2) is 36.4 Å². The Morgan fingerprint density at radius 2 is 1.55 bits per heavy atom. The zero-order valence-corrected chi connectivity index (χ0v) is 15.6. The second kappa shape index (κ2) is 8.26. The first-order valence-electron chi connectivity index (χ1n) is 5.75. The summed E-state index contributed by atoms with van der Waals surface area (Å²) in [6.07, 6.45) is 0.870. The molecule has 0 heterocycles. The van der Waals surface area contributed by atoms with Gasteiger partial charge in [-0.1, -0.05) is 12.1 Å². The van der Waals surface area contributed by atoms with E-state index in [0.717, 1.165) is 25.1 Å². The summed E-state index contributed by atoms with van der Waals surface area (Å²) in [6, 6.07) is 11.5. The number of hydrogen-bond donors (Lipinski definition) is 2. The maximum Gasteiger partial charge on any atom is 0.142 e. The molecule has 20 heavy (non-hydrogen) atoms. The van der Waals surface area contributed by atoms with Crippen LogP contribution in [-0.2, 0) is 6.42 Å². The predicted octanol–water partition coefficient (Wildman–Crippen LogP) is 4.32. The summed E-state index contributed by atoms with van der Waals surface area (Å²) in [5.74, 6) is 1.79. The van der Waals surface area contributed by atoms with Crippen molar-refractivity contribution in [2.45, 2.75) is 6.42 Å². The minimum atomic E-state index is 0. The molecule has 2 rings (SSSR count). The van der Waals surface area contributed by atoms with Crippen LogP contribution in [0.3, 0.4) is 0 Å². The number of phenols is 1. The first kappa shape index (κ1) is 17.8. The molecule has 0 atom stereocenters. The molecule has 0 spiro atoms. The van der Waals surface area contributed by atoms with E-state index in [1.54, 1.807) is 0 Å². The van der Waals surface area contributed by atoms with Crippen LogP contribution in [0, 0.1) is 7.14 Å². The largest absolute Gasteiger partial charge is 0.506 e. The number of rotatable bonds is 4. The van der Waals surface area contributed by atoms with Gasteiger partial charge < -0.3 is 15.6 Å². The van der Waals surface area contributed by atoms with Gasteiger partial charge in [0, 0.05) is 0 Å². The molecule has 0 aromatic heterocycles. The lowest BCUT2D eigenvalue weighted by molar-refractivity contribution is 0.457. The Labute approximate surface area is 151 Å². The van der Waals surface area contributed by atoms with Gasteiger partial charge in [0.05, 0.1) is 7.14 Å².